The predicted molar refractivity (Wildman–Crippen MR) is 83.7 cm³/mol. The van der Waals surface area contributed by atoms with Gasteiger partial charge < -0.3 is 5.11 Å². The van der Waals surface area contributed by atoms with Gasteiger partial charge in [-0.05, 0) is 49.9 Å². The van der Waals surface area contributed by atoms with Crippen LogP contribution in [0.4, 0.5) is 0 Å². The van der Waals surface area contributed by atoms with Crippen LogP contribution >= 0.6 is 0 Å². The van der Waals surface area contributed by atoms with Crippen LogP contribution in [0.3, 0.4) is 0 Å². The summed E-state index contributed by atoms with van der Waals surface area (Å²) in [7, 11) is 0. The molecule has 0 aliphatic heterocycles. The first-order valence-corrected chi connectivity index (χ1v) is 6.75. The largest absolute Gasteiger partial charge is 0.369 e. The minimum atomic E-state index is -1.38. The standard InChI is InChI=1S/C19H20O/c1-6-19(20,17-10-8-7-9-11-17)18-12-13(2)14(3)15(4)16(18)5/h1,7-12,20H,2-5H3. The molecule has 0 fully saturated rings. The molecule has 0 aliphatic carbocycles. The smallest absolute Gasteiger partial charge is 0.176 e. The van der Waals surface area contributed by atoms with Gasteiger partial charge in [0.05, 0.1) is 0 Å². The summed E-state index contributed by atoms with van der Waals surface area (Å²) in [4.78, 5) is 0. The summed E-state index contributed by atoms with van der Waals surface area (Å²) in [5, 5.41) is 11.0. The van der Waals surface area contributed by atoms with E-state index >= 15 is 0 Å². The van der Waals surface area contributed by atoms with Crippen molar-refractivity contribution in [3.05, 3.63) is 69.8 Å². The molecule has 0 spiro atoms. The second-order valence-corrected chi connectivity index (χ2v) is 5.34. The Morgan fingerprint density at radius 1 is 0.950 bits per heavy atom. The Balaban J connectivity index is 2.75. The minimum absolute atomic E-state index is 0.730. The fourth-order valence-corrected chi connectivity index (χ4v) is 2.58. The molecule has 1 atom stereocenters. The molecule has 1 N–H and O–H groups in total. The number of benzene rings is 2. The van der Waals surface area contributed by atoms with Crippen LogP contribution < -0.4 is 0 Å². The normalized spacial score (nSPS) is 13.6. The van der Waals surface area contributed by atoms with Crippen molar-refractivity contribution in [3.63, 3.8) is 0 Å². The summed E-state index contributed by atoms with van der Waals surface area (Å²) in [5.74, 6) is 2.58. The summed E-state index contributed by atoms with van der Waals surface area (Å²) in [6.07, 6.45) is 5.68. The molecule has 0 saturated carbocycles. The van der Waals surface area contributed by atoms with E-state index in [0.717, 1.165) is 22.3 Å². The molecule has 0 aromatic heterocycles. The zero-order valence-electron chi connectivity index (χ0n) is 12.5. The second kappa shape index (κ2) is 5.15. The van der Waals surface area contributed by atoms with Crippen molar-refractivity contribution in [2.45, 2.75) is 33.3 Å². The van der Waals surface area contributed by atoms with Gasteiger partial charge in [-0.3, -0.25) is 0 Å². The van der Waals surface area contributed by atoms with E-state index in [0.29, 0.717) is 0 Å². The van der Waals surface area contributed by atoms with Crippen LogP contribution in [0.2, 0.25) is 0 Å². The van der Waals surface area contributed by atoms with Crippen molar-refractivity contribution >= 4 is 0 Å². The maximum atomic E-state index is 11.0. The molecule has 0 radical (unpaired) electrons. The second-order valence-electron chi connectivity index (χ2n) is 5.34. The SMILES string of the molecule is C#CC(O)(c1ccccc1)c1cc(C)c(C)c(C)c1C. The minimum Gasteiger partial charge on any atom is -0.369 e. The first kappa shape index (κ1) is 14.4. The van der Waals surface area contributed by atoms with Gasteiger partial charge in [-0.25, -0.2) is 0 Å². The molecular weight excluding hydrogens is 244 g/mol. The Hall–Kier alpha value is -2.04. The topological polar surface area (TPSA) is 20.2 Å². The van der Waals surface area contributed by atoms with Crippen LogP contribution in [-0.2, 0) is 5.60 Å². The number of hydrogen-bond donors (Lipinski definition) is 1. The van der Waals surface area contributed by atoms with Crippen molar-refractivity contribution in [2.24, 2.45) is 0 Å². The Kier molecular flexibility index (Phi) is 3.70. The number of terminal acetylenes is 1. The van der Waals surface area contributed by atoms with E-state index in [-0.39, 0.29) is 0 Å². The van der Waals surface area contributed by atoms with Gasteiger partial charge in [0.15, 0.2) is 5.60 Å². The molecule has 0 aliphatic rings. The van der Waals surface area contributed by atoms with E-state index in [2.05, 4.69) is 19.8 Å². The lowest BCUT2D eigenvalue weighted by molar-refractivity contribution is 0.144. The number of aliphatic hydroxyl groups is 1. The highest BCUT2D eigenvalue weighted by Crippen LogP contribution is 2.34. The Bertz CT molecular complexity index is 677. The van der Waals surface area contributed by atoms with Crippen LogP contribution in [0, 0.1) is 40.0 Å². The van der Waals surface area contributed by atoms with E-state index < -0.39 is 5.60 Å². The Morgan fingerprint density at radius 3 is 2.10 bits per heavy atom. The molecule has 2 aromatic rings. The van der Waals surface area contributed by atoms with E-state index in [1.54, 1.807) is 0 Å². The lowest BCUT2D eigenvalue weighted by Gasteiger charge is -2.27. The molecule has 0 heterocycles. The number of rotatable bonds is 2. The maximum absolute atomic E-state index is 11.0. The van der Waals surface area contributed by atoms with Crippen LogP contribution in [0.15, 0.2) is 36.4 Å². The van der Waals surface area contributed by atoms with Crippen molar-refractivity contribution in [2.75, 3.05) is 0 Å². The molecule has 0 saturated heterocycles. The molecular formula is C19H20O. The van der Waals surface area contributed by atoms with Crippen molar-refractivity contribution in [3.8, 4) is 12.3 Å². The van der Waals surface area contributed by atoms with Crippen LogP contribution in [0.25, 0.3) is 0 Å². The quantitative estimate of drug-likeness (QED) is 0.818. The fraction of sp³-hybridized carbons (Fsp3) is 0.263. The molecule has 20 heavy (non-hydrogen) atoms. The third-order valence-electron chi connectivity index (χ3n) is 4.27. The molecule has 1 heteroatoms. The summed E-state index contributed by atoms with van der Waals surface area (Å²) in [6.45, 7) is 8.23. The van der Waals surface area contributed by atoms with Gasteiger partial charge in [0.2, 0.25) is 0 Å². The van der Waals surface area contributed by atoms with E-state index in [4.69, 9.17) is 6.42 Å². The molecule has 1 nitrogen and oxygen atoms in total. The van der Waals surface area contributed by atoms with Gasteiger partial charge >= 0.3 is 0 Å². The summed E-state index contributed by atoms with van der Waals surface area (Å²) in [5.41, 5.74) is 4.78. The zero-order chi connectivity index (χ0) is 14.9. The Morgan fingerprint density at radius 2 is 1.55 bits per heavy atom. The molecule has 102 valence electrons. The average Bonchev–Trinajstić information content (AvgIpc) is 2.49. The van der Waals surface area contributed by atoms with Crippen LogP contribution in [0.5, 0.6) is 0 Å². The maximum Gasteiger partial charge on any atom is 0.176 e. The van der Waals surface area contributed by atoms with E-state index in [9.17, 15) is 5.11 Å². The summed E-state index contributed by atoms with van der Waals surface area (Å²) < 4.78 is 0. The van der Waals surface area contributed by atoms with Gasteiger partial charge in [-0.1, -0.05) is 42.3 Å². The van der Waals surface area contributed by atoms with Gasteiger partial charge in [0.1, 0.15) is 0 Å². The van der Waals surface area contributed by atoms with Crippen LogP contribution in [0.1, 0.15) is 33.4 Å². The fourth-order valence-electron chi connectivity index (χ4n) is 2.58. The van der Waals surface area contributed by atoms with Crippen LogP contribution in [-0.4, -0.2) is 5.11 Å². The highest BCUT2D eigenvalue weighted by atomic mass is 16.3. The first-order valence-electron chi connectivity index (χ1n) is 6.75. The van der Waals surface area contributed by atoms with Crippen molar-refractivity contribution in [1.29, 1.82) is 0 Å². The number of aryl methyl sites for hydroxylation is 1. The molecule has 2 rings (SSSR count). The van der Waals surface area contributed by atoms with E-state index in [1.807, 2.05) is 50.2 Å². The van der Waals surface area contributed by atoms with Crippen molar-refractivity contribution < 1.29 is 5.11 Å². The monoisotopic (exact) mass is 264 g/mol. The molecule has 2 aromatic carbocycles. The zero-order valence-corrected chi connectivity index (χ0v) is 12.5. The average molecular weight is 264 g/mol. The van der Waals surface area contributed by atoms with E-state index in [1.165, 1.54) is 11.1 Å². The predicted octanol–water partition coefficient (Wildman–Crippen LogP) is 3.79. The summed E-state index contributed by atoms with van der Waals surface area (Å²) >= 11 is 0. The first-order chi connectivity index (χ1) is 9.41. The third-order valence-corrected chi connectivity index (χ3v) is 4.27. The van der Waals surface area contributed by atoms with Gasteiger partial charge in [-0.15, -0.1) is 6.42 Å². The van der Waals surface area contributed by atoms with Gasteiger partial charge in [0, 0.05) is 11.1 Å². The molecule has 1 unspecified atom stereocenters. The van der Waals surface area contributed by atoms with Crippen molar-refractivity contribution in [1.82, 2.24) is 0 Å². The molecule has 0 bridgehead atoms. The Labute approximate surface area is 121 Å². The van der Waals surface area contributed by atoms with Gasteiger partial charge in [-0.2, -0.15) is 0 Å². The lowest BCUT2D eigenvalue weighted by Crippen LogP contribution is -2.27. The number of hydrogen-bond acceptors (Lipinski definition) is 1. The summed E-state index contributed by atoms with van der Waals surface area (Å²) in [6, 6.07) is 11.4. The highest BCUT2D eigenvalue weighted by Gasteiger charge is 2.31. The highest BCUT2D eigenvalue weighted by molar-refractivity contribution is 5.53. The molecule has 0 amide bonds. The third kappa shape index (κ3) is 2.13. The van der Waals surface area contributed by atoms with Gasteiger partial charge in [0.25, 0.3) is 0 Å². The lowest BCUT2D eigenvalue weighted by atomic mass is 9.81.